The molecule has 3 aromatic rings. The lowest BCUT2D eigenvalue weighted by molar-refractivity contribution is 0.0520. The molecular formula is C19H22N2O2S. The fourth-order valence-corrected chi connectivity index (χ4v) is 3.62. The van der Waals surface area contributed by atoms with E-state index >= 15 is 0 Å². The van der Waals surface area contributed by atoms with Crippen molar-refractivity contribution in [2.45, 2.75) is 34.1 Å². The zero-order valence-electron chi connectivity index (χ0n) is 14.5. The van der Waals surface area contributed by atoms with Gasteiger partial charge in [0.25, 0.3) is 0 Å². The largest absolute Gasteiger partial charge is 0.461 e. The van der Waals surface area contributed by atoms with Crippen LogP contribution in [-0.4, -0.2) is 22.1 Å². The molecule has 0 bridgehead atoms. The first-order valence-electron chi connectivity index (χ1n) is 8.23. The van der Waals surface area contributed by atoms with Crippen LogP contribution in [0.3, 0.4) is 0 Å². The molecule has 0 fully saturated rings. The summed E-state index contributed by atoms with van der Waals surface area (Å²) in [5, 5.41) is 3.81. The second kappa shape index (κ2) is 6.77. The first-order valence-corrected chi connectivity index (χ1v) is 9.11. The number of ether oxygens (including phenoxy) is 1. The Morgan fingerprint density at radius 3 is 2.88 bits per heavy atom. The summed E-state index contributed by atoms with van der Waals surface area (Å²) < 4.78 is 7.13. The van der Waals surface area contributed by atoms with E-state index < -0.39 is 0 Å². The van der Waals surface area contributed by atoms with Crippen molar-refractivity contribution in [3.8, 4) is 5.13 Å². The summed E-state index contributed by atoms with van der Waals surface area (Å²) in [7, 11) is 0. The smallest absolute Gasteiger partial charge is 0.357 e. The number of thiazole rings is 1. The number of carbonyl (C=O) groups is 1. The molecule has 0 saturated carbocycles. The van der Waals surface area contributed by atoms with Crippen LogP contribution in [0.4, 0.5) is 0 Å². The number of esters is 1. The van der Waals surface area contributed by atoms with E-state index in [0.29, 0.717) is 18.2 Å². The van der Waals surface area contributed by atoms with Gasteiger partial charge in [-0.25, -0.2) is 9.78 Å². The van der Waals surface area contributed by atoms with Gasteiger partial charge < -0.3 is 4.74 Å². The van der Waals surface area contributed by atoms with Crippen LogP contribution in [0.25, 0.3) is 16.0 Å². The van der Waals surface area contributed by atoms with Crippen LogP contribution in [0, 0.1) is 12.8 Å². The molecule has 2 aromatic heterocycles. The Hall–Kier alpha value is -2.14. The lowest BCUT2D eigenvalue weighted by Crippen LogP contribution is -2.05. The van der Waals surface area contributed by atoms with E-state index in [4.69, 9.17) is 4.74 Å². The molecule has 3 rings (SSSR count). The third-order valence-corrected chi connectivity index (χ3v) is 4.69. The molecule has 1 aromatic carbocycles. The van der Waals surface area contributed by atoms with Crippen molar-refractivity contribution >= 4 is 28.2 Å². The minimum absolute atomic E-state index is 0.357. The first kappa shape index (κ1) is 16.7. The van der Waals surface area contributed by atoms with E-state index in [-0.39, 0.29) is 5.97 Å². The highest BCUT2D eigenvalue weighted by Crippen LogP contribution is 2.29. The van der Waals surface area contributed by atoms with Gasteiger partial charge in [0.1, 0.15) is 0 Å². The minimum atomic E-state index is -0.366. The SMILES string of the molecule is CCOC(=O)c1csc(-n2cc(CC(C)C)c3ccc(C)cc32)n1. The van der Waals surface area contributed by atoms with Crippen LogP contribution >= 0.6 is 11.3 Å². The zero-order valence-corrected chi connectivity index (χ0v) is 15.3. The lowest BCUT2D eigenvalue weighted by Gasteiger charge is -2.02. The van der Waals surface area contributed by atoms with E-state index in [0.717, 1.165) is 17.1 Å². The van der Waals surface area contributed by atoms with Crippen molar-refractivity contribution in [3.63, 3.8) is 0 Å². The van der Waals surface area contributed by atoms with Gasteiger partial charge >= 0.3 is 5.97 Å². The molecule has 0 atom stereocenters. The van der Waals surface area contributed by atoms with Crippen LogP contribution in [0.5, 0.6) is 0 Å². The zero-order chi connectivity index (χ0) is 17.3. The number of nitrogens with zero attached hydrogens (tertiary/aromatic N) is 2. The summed E-state index contributed by atoms with van der Waals surface area (Å²) in [4.78, 5) is 16.3. The minimum Gasteiger partial charge on any atom is -0.461 e. The second-order valence-corrected chi connectivity index (χ2v) is 7.22. The number of aromatic nitrogens is 2. The molecule has 4 nitrogen and oxygen atoms in total. The lowest BCUT2D eigenvalue weighted by atomic mass is 10.0. The summed E-state index contributed by atoms with van der Waals surface area (Å²) in [5.74, 6) is 0.215. The van der Waals surface area contributed by atoms with Gasteiger partial charge in [-0.15, -0.1) is 11.3 Å². The van der Waals surface area contributed by atoms with Crippen LogP contribution in [0.2, 0.25) is 0 Å². The van der Waals surface area contributed by atoms with Gasteiger partial charge in [0, 0.05) is 17.0 Å². The van der Waals surface area contributed by atoms with Gasteiger partial charge in [-0.1, -0.05) is 26.0 Å². The molecule has 0 amide bonds. The number of benzene rings is 1. The summed E-state index contributed by atoms with van der Waals surface area (Å²) in [5.41, 5.74) is 4.03. The predicted molar refractivity (Wildman–Crippen MR) is 98.2 cm³/mol. The Labute approximate surface area is 146 Å². The number of rotatable bonds is 5. The Kier molecular flexibility index (Phi) is 4.71. The average Bonchev–Trinajstić information content (AvgIpc) is 3.12. The molecule has 0 N–H and O–H groups in total. The monoisotopic (exact) mass is 342 g/mol. The Morgan fingerprint density at radius 1 is 1.38 bits per heavy atom. The summed E-state index contributed by atoms with van der Waals surface area (Å²) in [6.45, 7) is 8.69. The fourth-order valence-electron chi connectivity index (χ4n) is 2.84. The Bertz CT molecular complexity index is 877. The standard InChI is InChI=1S/C19H22N2O2S/c1-5-23-18(22)16-11-24-19(20-16)21-10-14(8-12(2)3)15-7-6-13(4)9-17(15)21/h6-7,9-12H,5,8H2,1-4H3. The molecule has 0 spiro atoms. The van der Waals surface area contributed by atoms with Crippen LogP contribution < -0.4 is 0 Å². The third-order valence-electron chi connectivity index (χ3n) is 3.85. The third kappa shape index (κ3) is 3.22. The predicted octanol–water partition coefficient (Wildman–Crippen LogP) is 4.77. The molecule has 24 heavy (non-hydrogen) atoms. The van der Waals surface area contributed by atoms with Gasteiger partial charge in [-0.3, -0.25) is 4.57 Å². The maximum atomic E-state index is 11.9. The second-order valence-electron chi connectivity index (χ2n) is 6.38. The Balaban J connectivity index is 2.08. The maximum absolute atomic E-state index is 11.9. The molecule has 126 valence electrons. The highest BCUT2D eigenvalue weighted by Gasteiger charge is 2.16. The van der Waals surface area contributed by atoms with Crippen molar-refractivity contribution in [1.29, 1.82) is 0 Å². The van der Waals surface area contributed by atoms with E-state index in [9.17, 15) is 4.79 Å². The van der Waals surface area contributed by atoms with Gasteiger partial charge in [-0.05, 0) is 43.4 Å². The molecule has 0 unspecified atom stereocenters. The molecule has 0 radical (unpaired) electrons. The van der Waals surface area contributed by atoms with Crippen molar-refractivity contribution in [2.24, 2.45) is 5.92 Å². The van der Waals surface area contributed by atoms with Crippen molar-refractivity contribution in [2.75, 3.05) is 6.61 Å². The van der Waals surface area contributed by atoms with Gasteiger partial charge in [0.2, 0.25) is 0 Å². The highest BCUT2D eigenvalue weighted by atomic mass is 32.1. The Morgan fingerprint density at radius 2 is 2.17 bits per heavy atom. The number of carbonyl (C=O) groups excluding carboxylic acids is 1. The number of fused-ring (bicyclic) bond motifs is 1. The first-order chi connectivity index (χ1) is 11.5. The van der Waals surface area contributed by atoms with Crippen molar-refractivity contribution in [1.82, 2.24) is 9.55 Å². The quantitative estimate of drug-likeness (QED) is 0.627. The molecular weight excluding hydrogens is 320 g/mol. The average molecular weight is 342 g/mol. The topological polar surface area (TPSA) is 44.1 Å². The van der Waals surface area contributed by atoms with Crippen LogP contribution in [0.1, 0.15) is 42.4 Å². The molecule has 0 aliphatic rings. The number of aryl methyl sites for hydroxylation is 1. The molecule has 0 saturated heterocycles. The van der Waals surface area contributed by atoms with E-state index in [2.05, 4.69) is 54.7 Å². The van der Waals surface area contributed by atoms with Gasteiger partial charge in [0.05, 0.1) is 12.1 Å². The summed E-state index contributed by atoms with van der Waals surface area (Å²) in [6, 6.07) is 6.49. The summed E-state index contributed by atoms with van der Waals surface area (Å²) in [6.07, 6.45) is 3.17. The molecule has 5 heteroatoms. The van der Waals surface area contributed by atoms with E-state index in [1.54, 1.807) is 12.3 Å². The van der Waals surface area contributed by atoms with Gasteiger partial charge in [0.15, 0.2) is 10.8 Å². The number of hydrogen-bond donors (Lipinski definition) is 0. The van der Waals surface area contributed by atoms with E-state index in [1.807, 2.05) is 0 Å². The summed E-state index contributed by atoms with van der Waals surface area (Å²) >= 11 is 1.46. The van der Waals surface area contributed by atoms with E-state index in [1.165, 1.54) is 27.8 Å². The molecule has 2 heterocycles. The van der Waals surface area contributed by atoms with Crippen LogP contribution in [-0.2, 0) is 11.2 Å². The fraction of sp³-hybridized carbons (Fsp3) is 0.368. The van der Waals surface area contributed by atoms with Crippen LogP contribution in [0.15, 0.2) is 29.8 Å². The molecule has 0 aliphatic carbocycles. The van der Waals surface area contributed by atoms with Crippen molar-refractivity contribution < 1.29 is 9.53 Å². The highest BCUT2D eigenvalue weighted by molar-refractivity contribution is 7.12. The molecule has 0 aliphatic heterocycles. The number of hydrogen-bond acceptors (Lipinski definition) is 4. The maximum Gasteiger partial charge on any atom is 0.357 e. The van der Waals surface area contributed by atoms with Crippen molar-refractivity contribution in [3.05, 3.63) is 46.6 Å². The normalized spacial score (nSPS) is 11.4. The van der Waals surface area contributed by atoms with Gasteiger partial charge in [-0.2, -0.15) is 0 Å².